The van der Waals surface area contributed by atoms with Gasteiger partial charge in [0.1, 0.15) is 11.6 Å². The Kier molecular flexibility index (Phi) is 5.73. The minimum Gasteiger partial charge on any atom is -0.497 e. The molecule has 5 nitrogen and oxygen atoms in total. The summed E-state index contributed by atoms with van der Waals surface area (Å²) in [5, 5.41) is 19.8. The van der Waals surface area contributed by atoms with Crippen molar-refractivity contribution in [3.63, 3.8) is 0 Å². The van der Waals surface area contributed by atoms with Crippen molar-refractivity contribution in [1.82, 2.24) is 4.57 Å². The zero-order chi connectivity index (χ0) is 22.7. The first-order valence-corrected chi connectivity index (χ1v) is 9.85. The molecule has 0 atom stereocenters. The largest absolute Gasteiger partial charge is 0.497 e. The van der Waals surface area contributed by atoms with Gasteiger partial charge in [-0.1, -0.05) is 24.3 Å². The van der Waals surface area contributed by atoms with Gasteiger partial charge in [-0.25, -0.2) is 9.18 Å². The first-order chi connectivity index (χ1) is 15.5. The van der Waals surface area contributed by atoms with Crippen LogP contribution in [0.3, 0.4) is 0 Å². The summed E-state index contributed by atoms with van der Waals surface area (Å²) < 4.78 is 20.7. The van der Waals surface area contributed by atoms with E-state index in [2.05, 4.69) is 6.07 Å². The normalized spacial score (nSPS) is 11.3. The molecule has 1 N–H and O–H groups in total. The molecule has 0 aliphatic rings. The fourth-order valence-corrected chi connectivity index (χ4v) is 3.59. The van der Waals surface area contributed by atoms with Gasteiger partial charge in [0.15, 0.2) is 0 Å². The van der Waals surface area contributed by atoms with Gasteiger partial charge in [-0.05, 0) is 53.6 Å². The van der Waals surface area contributed by atoms with Crippen molar-refractivity contribution in [3.05, 3.63) is 101 Å². The van der Waals surface area contributed by atoms with Crippen LogP contribution in [0.5, 0.6) is 5.75 Å². The zero-order valence-corrected chi connectivity index (χ0v) is 17.2. The maximum absolute atomic E-state index is 13.3. The Morgan fingerprint density at radius 3 is 2.41 bits per heavy atom. The van der Waals surface area contributed by atoms with Gasteiger partial charge in [-0.15, -0.1) is 0 Å². The monoisotopic (exact) mass is 426 g/mol. The first kappa shape index (κ1) is 20.9. The number of hydrogen-bond acceptors (Lipinski definition) is 3. The van der Waals surface area contributed by atoms with Crippen LogP contribution >= 0.6 is 0 Å². The highest BCUT2D eigenvalue weighted by molar-refractivity contribution is 5.99. The molecular weight excluding hydrogens is 407 g/mol. The van der Waals surface area contributed by atoms with Crippen LogP contribution in [0.4, 0.5) is 4.39 Å². The molecule has 0 unspecified atom stereocenters. The fraction of sp³-hybridized carbons (Fsp3) is 0.0769. The number of benzene rings is 3. The van der Waals surface area contributed by atoms with Gasteiger partial charge in [0.25, 0.3) is 0 Å². The summed E-state index contributed by atoms with van der Waals surface area (Å²) in [5.41, 5.74) is 3.89. The number of halogens is 1. The summed E-state index contributed by atoms with van der Waals surface area (Å²) in [6.45, 7) is 0.521. The predicted molar refractivity (Wildman–Crippen MR) is 121 cm³/mol. The second-order valence-electron chi connectivity index (χ2n) is 7.27. The number of carboxylic acid groups (broad SMARTS) is 1. The third-order valence-corrected chi connectivity index (χ3v) is 5.25. The van der Waals surface area contributed by atoms with Crippen LogP contribution in [0.1, 0.15) is 27.0 Å². The number of aromatic nitrogens is 1. The Hall–Kier alpha value is -4.37. The quantitative estimate of drug-likeness (QED) is 0.407. The number of aromatic carboxylic acids is 1. The smallest absolute Gasteiger partial charge is 0.335 e. The maximum atomic E-state index is 13.3. The van der Waals surface area contributed by atoms with E-state index in [0.717, 1.165) is 22.0 Å². The van der Waals surface area contributed by atoms with E-state index in [9.17, 15) is 14.4 Å². The molecule has 0 saturated heterocycles. The second-order valence-corrected chi connectivity index (χ2v) is 7.27. The molecule has 0 fully saturated rings. The number of nitrogens with zero attached hydrogens (tertiary/aromatic N) is 2. The van der Waals surface area contributed by atoms with Crippen LogP contribution in [0, 0.1) is 17.1 Å². The lowest BCUT2D eigenvalue weighted by molar-refractivity contribution is 0.0697. The number of fused-ring (bicyclic) bond motifs is 1. The van der Waals surface area contributed by atoms with Gasteiger partial charge < -0.3 is 14.4 Å². The van der Waals surface area contributed by atoms with E-state index in [0.29, 0.717) is 23.4 Å². The Bertz CT molecular complexity index is 1360. The predicted octanol–water partition coefficient (Wildman–Crippen LogP) is 5.60. The van der Waals surface area contributed by atoms with Crippen molar-refractivity contribution >= 4 is 28.5 Å². The minimum atomic E-state index is -1.02. The van der Waals surface area contributed by atoms with Crippen molar-refractivity contribution in [2.75, 3.05) is 7.11 Å². The third kappa shape index (κ3) is 4.23. The Morgan fingerprint density at radius 1 is 1.09 bits per heavy atom. The molecule has 32 heavy (non-hydrogen) atoms. The maximum Gasteiger partial charge on any atom is 0.335 e. The highest BCUT2D eigenvalue weighted by Crippen LogP contribution is 2.30. The number of carboxylic acids is 1. The van der Waals surface area contributed by atoms with Crippen LogP contribution in [0.2, 0.25) is 0 Å². The molecule has 0 aliphatic carbocycles. The third-order valence-electron chi connectivity index (χ3n) is 5.25. The Morgan fingerprint density at radius 2 is 1.78 bits per heavy atom. The van der Waals surface area contributed by atoms with Crippen LogP contribution in [-0.4, -0.2) is 22.8 Å². The standard InChI is InChI=1S/C26H19FN2O3/c1-32-23-10-11-24-21(12-20(14-28)18-4-6-19(7-5-18)26(30)31)16-29(25(24)13-23)15-17-2-8-22(27)9-3-17/h2-13,16H,15H2,1H3,(H,30,31)/b20-12+. The van der Waals surface area contributed by atoms with Crippen molar-refractivity contribution in [1.29, 1.82) is 5.26 Å². The van der Waals surface area contributed by atoms with Gasteiger partial charge in [0.2, 0.25) is 0 Å². The van der Waals surface area contributed by atoms with Crippen molar-refractivity contribution in [2.45, 2.75) is 6.54 Å². The number of methoxy groups -OCH3 is 1. The lowest BCUT2D eigenvalue weighted by atomic mass is 10.0. The molecule has 0 saturated carbocycles. The summed E-state index contributed by atoms with van der Waals surface area (Å²) in [6, 6.07) is 20.5. The average molecular weight is 426 g/mol. The lowest BCUT2D eigenvalue weighted by Gasteiger charge is -2.07. The van der Waals surface area contributed by atoms with E-state index in [1.807, 2.05) is 29.0 Å². The molecular formula is C26H19FN2O3. The SMILES string of the molecule is COc1ccc2c(/C=C(\C#N)c3ccc(C(=O)O)cc3)cn(Cc3ccc(F)cc3)c2c1. The highest BCUT2D eigenvalue weighted by Gasteiger charge is 2.12. The number of ether oxygens (including phenoxy) is 1. The average Bonchev–Trinajstić information content (AvgIpc) is 3.15. The van der Waals surface area contributed by atoms with Crippen molar-refractivity contribution in [3.8, 4) is 11.8 Å². The molecule has 1 heterocycles. The van der Waals surface area contributed by atoms with Crippen LogP contribution in [0.15, 0.2) is 72.9 Å². The number of hydrogen-bond donors (Lipinski definition) is 1. The number of nitriles is 1. The topological polar surface area (TPSA) is 75.2 Å². The van der Waals surface area contributed by atoms with Gasteiger partial charge >= 0.3 is 5.97 Å². The van der Waals surface area contributed by atoms with E-state index in [4.69, 9.17) is 9.84 Å². The molecule has 3 aromatic carbocycles. The molecule has 0 spiro atoms. The van der Waals surface area contributed by atoms with Gasteiger partial charge in [0.05, 0.1) is 29.8 Å². The molecule has 0 aliphatic heterocycles. The minimum absolute atomic E-state index is 0.161. The second kappa shape index (κ2) is 8.78. The molecule has 0 radical (unpaired) electrons. The number of allylic oxidation sites excluding steroid dienone is 1. The van der Waals surface area contributed by atoms with E-state index in [1.165, 1.54) is 24.3 Å². The van der Waals surface area contributed by atoms with Gasteiger partial charge in [0, 0.05) is 29.8 Å². The van der Waals surface area contributed by atoms with Crippen LogP contribution in [-0.2, 0) is 6.54 Å². The van der Waals surface area contributed by atoms with Crippen LogP contribution < -0.4 is 4.74 Å². The summed E-state index contributed by atoms with van der Waals surface area (Å²) in [6.07, 6.45) is 3.72. The van der Waals surface area contributed by atoms with Crippen molar-refractivity contribution < 1.29 is 19.0 Å². The number of carbonyl (C=O) groups is 1. The van der Waals surface area contributed by atoms with Crippen LogP contribution in [0.25, 0.3) is 22.6 Å². The van der Waals surface area contributed by atoms with E-state index >= 15 is 0 Å². The molecule has 1 aromatic heterocycles. The highest BCUT2D eigenvalue weighted by atomic mass is 19.1. The first-order valence-electron chi connectivity index (χ1n) is 9.85. The lowest BCUT2D eigenvalue weighted by Crippen LogP contribution is -1.98. The summed E-state index contributed by atoms with van der Waals surface area (Å²) in [7, 11) is 1.60. The molecule has 6 heteroatoms. The molecule has 4 aromatic rings. The van der Waals surface area contributed by atoms with Gasteiger partial charge in [-0.3, -0.25) is 0 Å². The molecule has 158 valence electrons. The summed E-state index contributed by atoms with van der Waals surface area (Å²) in [5.74, 6) is -0.600. The van der Waals surface area contributed by atoms with E-state index in [-0.39, 0.29) is 11.4 Å². The molecule has 4 rings (SSSR count). The van der Waals surface area contributed by atoms with Gasteiger partial charge in [-0.2, -0.15) is 5.26 Å². The Balaban J connectivity index is 1.79. The number of rotatable bonds is 6. The van der Waals surface area contributed by atoms with E-state index in [1.54, 1.807) is 37.5 Å². The van der Waals surface area contributed by atoms with E-state index < -0.39 is 5.97 Å². The molecule has 0 bridgehead atoms. The van der Waals surface area contributed by atoms with Crippen molar-refractivity contribution in [2.24, 2.45) is 0 Å². The summed E-state index contributed by atoms with van der Waals surface area (Å²) in [4.78, 5) is 11.1. The Labute approximate surface area is 184 Å². The fourth-order valence-electron chi connectivity index (χ4n) is 3.59. The molecule has 0 amide bonds. The summed E-state index contributed by atoms with van der Waals surface area (Å²) >= 11 is 0. The zero-order valence-electron chi connectivity index (χ0n) is 17.2.